The maximum atomic E-state index is 12.9. The molecule has 0 aromatic heterocycles. The SMILES string of the molecule is CCC(CC)NC(=O)c1ccc(C)c(N(C)S(=O)(=O)c2ccccc2)c1. The van der Waals surface area contributed by atoms with Crippen LogP contribution in [0.1, 0.15) is 42.6 Å². The monoisotopic (exact) mass is 374 g/mol. The van der Waals surface area contributed by atoms with Crippen LogP contribution in [0.25, 0.3) is 0 Å². The number of amides is 1. The van der Waals surface area contributed by atoms with Crippen molar-refractivity contribution in [1.82, 2.24) is 5.32 Å². The summed E-state index contributed by atoms with van der Waals surface area (Å²) in [5.41, 5.74) is 1.73. The zero-order chi connectivity index (χ0) is 19.3. The van der Waals surface area contributed by atoms with E-state index in [1.165, 1.54) is 11.4 Å². The molecule has 0 unspecified atom stereocenters. The van der Waals surface area contributed by atoms with E-state index in [1.54, 1.807) is 48.5 Å². The largest absolute Gasteiger partial charge is 0.349 e. The fourth-order valence-corrected chi connectivity index (χ4v) is 4.00. The molecule has 5 nitrogen and oxygen atoms in total. The number of nitrogens with zero attached hydrogens (tertiary/aromatic N) is 1. The number of carbonyl (C=O) groups excluding carboxylic acids is 1. The number of anilines is 1. The first-order valence-electron chi connectivity index (χ1n) is 8.76. The van der Waals surface area contributed by atoms with Gasteiger partial charge in [-0.3, -0.25) is 9.10 Å². The van der Waals surface area contributed by atoms with Crippen LogP contribution in [0.3, 0.4) is 0 Å². The normalized spacial score (nSPS) is 11.4. The molecule has 0 spiro atoms. The van der Waals surface area contributed by atoms with Gasteiger partial charge >= 0.3 is 0 Å². The maximum absolute atomic E-state index is 12.9. The molecule has 0 bridgehead atoms. The van der Waals surface area contributed by atoms with Crippen molar-refractivity contribution in [3.8, 4) is 0 Å². The van der Waals surface area contributed by atoms with E-state index < -0.39 is 10.0 Å². The summed E-state index contributed by atoms with van der Waals surface area (Å²) in [6.45, 7) is 5.87. The summed E-state index contributed by atoms with van der Waals surface area (Å²) in [5.74, 6) is -0.189. The Bertz CT molecular complexity index is 860. The van der Waals surface area contributed by atoms with Crippen molar-refractivity contribution in [1.29, 1.82) is 0 Å². The summed E-state index contributed by atoms with van der Waals surface area (Å²) in [6.07, 6.45) is 1.70. The van der Waals surface area contributed by atoms with Gasteiger partial charge in [-0.05, 0) is 49.6 Å². The number of rotatable bonds is 7. The summed E-state index contributed by atoms with van der Waals surface area (Å²) in [6, 6.07) is 13.5. The van der Waals surface area contributed by atoms with Crippen LogP contribution in [-0.2, 0) is 10.0 Å². The lowest BCUT2D eigenvalue weighted by atomic mass is 10.1. The van der Waals surface area contributed by atoms with Gasteiger partial charge in [0.1, 0.15) is 0 Å². The Morgan fingerprint density at radius 1 is 1.08 bits per heavy atom. The van der Waals surface area contributed by atoms with Crippen molar-refractivity contribution in [2.75, 3.05) is 11.4 Å². The lowest BCUT2D eigenvalue weighted by molar-refractivity contribution is 0.0935. The van der Waals surface area contributed by atoms with Gasteiger partial charge in [0, 0.05) is 18.7 Å². The second-order valence-electron chi connectivity index (χ2n) is 6.27. The standard InChI is InChI=1S/C20H26N2O3S/c1-5-17(6-2)21-20(23)16-13-12-15(3)19(14-16)22(4)26(24,25)18-10-8-7-9-11-18/h7-14,17H,5-6H2,1-4H3,(H,21,23). The van der Waals surface area contributed by atoms with Gasteiger partial charge in [0.15, 0.2) is 0 Å². The molecule has 6 heteroatoms. The van der Waals surface area contributed by atoms with Crippen molar-refractivity contribution in [3.05, 3.63) is 59.7 Å². The minimum Gasteiger partial charge on any atom is -0.349 e. The van der Waals surface area contributed by atoms with E-state index in [4.69, 9.17) is 0 Å². The quantitative estimate of drug-likeness (QED) is 0.803. The van der Waals surface area contributed by atoms with Gasteiger partial charge < -0.3 is 5.32 Å². The Morgan fingerprint density at radius 3 is 2.27 bits per heavy atom. The zero-order valence-corrected chi connectivity index (χ0v) is 16.5. The molecule has 140 valence electrons. The Labute approximate surface area is 156 Å². The van der Waals surface area contributed by atoms with Crippen molar-refractivity contribution < 1.29 is 13.2 Å². The van der Waals surface area contributed by atoms with Crippen LogP contribution in [0.4, 0.5) is 5.69 Å². The summed E-state index contributed by atoms with van der Waals surface area (Å²) in [7, 11) is -2.18. The van der Waals surface area contributed by atoms with E-state index in [0.717, 1.165) is 18.4 Å². The number of nitrogens with one attached hydrogen (secondary N) is 1. The Balaban J connectivity index is 2.36. The van der Waals surface area contributed by atoms with E-state index in [2.05, 4.69) is 5.32 Å². The van der Waals surface area contributed by atoms with Gasteiger partial charge in [-0.2, -0.15) is 0 Å². The van der Waals surface area contributed by atoms with Gasteiger partial charge in [-0.25, -0.2) is 8.42 Å². The molecule has 1 amide bonds. The predicted molar refractivity (Wildman–Crippen MR) is 105 cm³/mol. The fraction of sp³-hybridized carbons (Fsp3) is 0.350. The second-order valence-corrected chi connectivity index (χ2v) is 8.24. The topological polar surface area (TPSA) is 66.5 Å². The summed E-state index contributed by atoms with van der Waals surface area (Å²) in [4.78, 5) is 12.7. The number of benzene rings is 2. The molecule has 0 aliphatic carbocycles. The molecule has 2 rings (SSSR count). The van der Waals surface area contributed by atoms with Crippen LogP contribution in [0, 0.1) is 6.92 Å². The predicted octanol–water partition coefficient (Wildman–Crippen LogP) is 3.74. The van der Waals surface area contributed by atoms with E-state index in [9.17, 15) is 13.2 Å². The van der Waals surface area contributed by atoms with E-state index in [0.29, 0.717) is 11.3 Å². The van der Waals surface area contributed by atoms with E-state index in [1.807, 2.05) is 20.8 Å². The molecule has 0 radical (unpaired) electrons. The highest BCUT2D eigenvalue weighted by Gasteiger charge is 2.23. The number of hydrogen-bond donors (Lipinski definition) is 1. The molecule has 26 heavy (non-hydrogen) atoms. The maximum Gasteiger partial charge on any atom is 0.264 e. The first-order valence-corrected chi connectivity index (χ1v) is 10.2. The van der Waals surface area contributed by atoms with Crippen LogP contribution in [0.15, 0.2) is 53.4 Å². The highest BCUT2D eigenvalue weighted by atomic mass is 32.2. The summed E-state index contributed by atoms with van der Waals surface area (Å²) in [5, 5.41) is 2.98. The highest BCUT2D eigenvalue weighted by molar-refractivity contribution is 7.92. The van der Waals surface area contributed by atoms with E-state index >= 15 is 0 Å². The number of carbonyl (C=O) groups is 1. The van der Waals surface area contributed by atoms with Gasteiger partial charge in [-0.15, -0.1) is 0 Å². The fourth-order valence-electron chi connectivity index (χ4n) is 2.73. The molecular weight excluding hydrogens is 348 g/mol. The first kappa shape index (κ1) is 20.0. The molecule has 0 saturated heterocycles. The minimum absolute atomic E-state index is 0.109. The molecule has 0 atom stereocenters. The third-order valence-electron chi connectivity index (χ3n) is 4.53. The lowest BCUT2D eigenvalue weighted by Crippen LogP contribution is -2.34. The number of sulfonamides is 1. The Hall–Kier alpha value is -2.34. The summed E-state index contributed by atoms with van der Waals surface area (Å²) < 4.78 is 27.0. The number of aryl methyl sites for hydroxylation is 1. The van der Waals surface area contributed by atoms with Gasteiger partial charge in [0.2, 0.25) is 0 Å². The lowest BCUT2D eigenvalue weighted by Gasteiger charge is -2.22. The van der Waals surface area contributed by atoms with Gasteiger partial charge in [-0.1, -0.05) is 38.1 Å². The molecule has 1 N–H and O–H groups in total. The van der Waals surface area contributed by atoms with Crippen LogP contribution in [-0.4, -0.2) is 27.4 Å². The van der Waals surface area contributed by atoms with Crippen LogP contribution in [0.2, 0.25) is 0 Å². The van der Waals surface area contributed by atoms with E-state index in [-0.39, 0.29) is 16.8 Å². The third kappa shape index (κ3) is 4.25. The van der Waals surface area contributed by atoms with Crippen LogP contribution >= 0.6 is 0 Å². The second kappa shape index (κ2) is 8.36. The first-order chi connectivity index (χ1) is 12.3. The molecule has 0 fully saturated rings. The van der Waals surface area contributed by atoms with Gasteiger partial charge in [0.25, 0.3) is 15.9 Å². The molecule has 0 saturated carbocycles. The molecule has 0 heterocycles. The number of hydrogen-bond acceptors (Lipinski definition) is 3. The molecular formula is C20H26N2O3S. The van der Waals surface area contributed by atoms with Crippen LogP contribution < -0.4 is 9.62 Å². The zero-order valence-electron chi connectivity index (χ0n) is 15.7. The molecule has 0 aliphatic rings. The average molecular weight is 375 g/mol. The van der Waals surface area contributed by atoms with Crippen molar-refractivity contribution in [2.24, 2.45) is 0 Å². The van der Waals surface area contributed by atoms with Gasteiger partial charge in [0.05, 0.1) is 10.6 Å². The minimum atomic E-state index is -3.69. The van der Waals surface area contributed by atoms with Crippen LogP contribution in [0.5, 0.6) is 0 Å². The van der Waals surface area contributed by atoms with Crippen molar-refractivity contribution >= 4 is 21.6 Å². The smallest absolute Gasteiger partial charge is 0.264 e. The molecule has 2 aromatic rings. The highest BCUT2D eigenvalue weighted by Crippen LogP contribution is 2.26. The average Bonchev–Trinajstić information content (AvgIpc) is 2.66. The summed E-state index contributed by atoms with van der Waals surface area (Å²) >= 11 is 0. The Kier molecular flexibility index (Phi) is 6.42. The van der Waals surface area contributed by atoms with Crippen molar-refractivity contribution in [3.63, 3.8) is 0 Å². The van der Waals surface area contributed by atoms with Crippen molar-refractivity contribution in [2.45, 2.75) is 44.6 Å². The molecule has 0 aliphatic heterocycles. The third-order valence-corrected chi connectivity index (χ3v) is 6.32. The Morgan fingerprint density at radius 2 is 1.69 bits per heavy atom. The molecule has 2 aromatic carbocycles.